The van der Waals surface area contributed by atoms with Crippen LogP contribution >= 0.6 is 0 Å². The van der Waals surface area contributed by atoms with Gasteiger partial charge < -0.3 is 4.74 Å². The fourth-order valence-electron chi connectivity index (χ4n) is 2.74. The van der Waals surface area contributed by atoms with Gasteiger partial charge in [0, 0.05) is 6.04 Å². The van der Waals surface area contributed by atoms with E-state index in [-0.39, 0.29) is 12.1 Å². The standard InChI is InChI=1S/C16H20F3NO2/c1-4-13-7-5-11-9-12(16(17,18)19)6-8-14(11)20(13)15(21)22-10(2)3/h6,8-10,13H,4-5,7H2,1-3H3. The molecule has 1 aliphatic heterocycles. The number of carbonyl (C=O) groups excluding carboxylic acids is 1. The number of rotatable bonds is 2. The highest BCUT2D eigenvalue weighted by Gasteiger charge is 2.35. The van der Waals surface area contributed by atoms with E-state index in [1.165, 1.54) is 11.0 Å². The van der Waals surface area contributed by atoms with Crippen molar-refractivity contribution in [1.82, 2.24) is 0 Å². The van der Waals surface area contributed by atoms with Crippen LogP contribution in [0.15, 0.2) is 18.2 Å². The summed E-state index contributed by atoms with van der Waals surface area (Å²) in [5.41, 5.74) is 0.385. The van der Waals surface area contributed by atoms with Gasteiger partial charge in [-0.2, -0.15) is 13.2 Å². The Kier molecular flexibility index (Phi) is 4.68. The lowest BCUT2D eigenvalue weighted by Crippen LogP contribution is -2.44. The summed E-state index contributed by atoms with van der Waals surface area (Å²) in [4.78, 5) is 13.8. The van der Waals surface area contributed by atoms with Crippen molar-refractivity contribution in [2.24, 2.45) is 0 Å². The van der Waals surface area contributed by atoms with E-state index in [1.807, 2.05) is 6.92 Å². The topological polar surface area (TPSA) is 29.5 Å². The monoisotopic (exact) mass is 315 g/mol. The number of amides is 1. The van der Waals surface area contributed by atoms with E-state index >= 15 is 0 Å². The number of hydrogen-bond acceptors (Lipinski definition) is 2. The summed E-state index contributed by atoms with van der Waals surface area (Å²) in [7, 11) is 0. The Bertz CT molecular complexity index is 555. The Balaban J connectivity index is 2.40. The smallest absolute Gasteiger partial charge is 0.416 e. The van der Waals surface area contributed by atoms with Gasteiger partial charge in [0.1, 0.15) is 0 Å². The van der Waals surface area contributed by atoms with E-state index in [0.29, 0.717) is 24.1 Å². The van der Waals surface area contributed by atoms with Crippen molar-refractivity contribution in [3.8, 4) is 0 Å². The van der Waals surface area contributed by atoms with E-state index in [2.05, 4.69) is 0 Å². The van der Waals surface area contributed by atoms with E-state index in [9.17, 15) is 18.0 Å². The maximum absolute atomic E-state index is 12.8. The van der Waals surface area contributed by atoms with Gasteiger partial charge >= 0.3 is 12.3 Å². The molecule has 0 radical (unpaired) electrons. The molecular formula is C16H20F3NO2. The molecule has 122 valence electrons. The number of alkyl halides is 3. The summed E-state index contributed by atoms with van der Waals surface area (Å²) in [6.07, 6.45) is -3.25. The summed E-state index contributed by atoms with van der Waals surface area (Å²) in [5, 5.41) is 0. The molecule has 0 aromatic heterocycles. The van der Waals surface area contributed by atoms with Gasteiger partial charge in [-0.05, 0) is 56.9 Å². The Hall–Kier alpha value is -1.72. The van der Waals surface area contributed by atoms with Crippen molar-refractivity contribution in [3.63, 3.8) is 0 Å². The molecule has 0 saturated carbocycles. The minimum absolute atomic E-state index is 0.0458. The first kappa shape index (κ1) is 16.6. The zero-order chi connectivity index (χ0) is 16.5. The van der Waals surface area contributed by atoms with Crippen LogP contribution in [-0.4, -0.2) is 18.2 Å². The first-order chi connectivity index (χ1) is 10.2. The summed E-state index contributed by atoms with van der Waals surface area (Å²) < 4.78 is 43.7. The molecule has 22 heavy (non-hydrogen) atoms. The number of ether oxygens (including phenoxy) is 1. The second kappa shape index (κ2) is 6.18. The van der Waals surface area contributed by atoms with Crippen molar-refractivity contribution in [3.05, 3.63) is 29.3 Å². The van der Waals surface area contributed by atoms with Crippen LogP contribution in [-0.2, 0) is 17.3 Å². The highest BCUT2D eigenvalue weighted by atomic mass is 19.4. The molecule has 0 N–H and O–H groups in total. The van der Waals surface area contributed by atoms with Crippen LogP contribution in [0.25, 0.3) is 0 Å². The van der Waals surface area contributed by atoms with E-state index < -0.39 is 17.8 Å². The number of carbonyl (C=O) groups is 1. The van der Waals surface area contributed by atoms with Crippen molar-refractivity contribution in [1.29, 1.82) is 0 Å². The van der Waals surface area contributed by atoms with Crippen molar-refractivity contribution >= 4 is 11.8 Å². The van der Waals surface area contributed by atoms with Crippen LogP contribution in [0, 0.1) is 0 Å². The largest absolute Gasteiger partial charge is 0.446 e. The molecule has 0 spiro atoms. The minimum atomic E-state index is -4.38. The SMILES string of the molecule is CCC1CCc2cc(C(F)(F)F)ccc2N1C(=O)OC(C)C. The lowest BCUT2D eigenvalue weighted by molar-refractivity contribution is -0.137. The van der Waals surface area contributed by atoms with Gasteiger partial charge in [-0.3, -0.25) is 4.90 Å². The third-order valence-electron chi connectivity index (χ3n) is 3.78. The summed E-state index contributed by atoms with van der Waals surface area (Å²) in [6.45, 7) is 5.45. The molecule has 1 aliphatic rings. The molecule has 1 amide bonds. The van der Waals surface area contributed by atoms with Crippen LogP contribution in [0.4, 0.5) is 23.7 Å². The quantitative estimate of drug-likeness (QED) is 0.786. The van der Waals surface area contributed by atoms with Crippen molar-refractivity contribution in [2.45, 2.75) is 58.4 Å². The highest BCUT2D eigenvalue weighted by Crippen LogP contribution is 2.37. The normalized spacial score (nSPS) is 18.3. The second-order valence-corrected chi connectivity index (χ2v) is 5.74. The van der Waals surface area contributed by atoms with E-state index in [1.54, 1.807) is 13.8 Å². The van der Waals surface area contributed by atoms with Gasteiger partial charge in [-0.1, -0.05) is 6.92 Å². The molecule has 1 aromatic carbocycles. The minimum Gasteiger partial charge on any atom is -0.446 e. The fraction of sp³-hybridized carbons (Fsp3) is 0.562. The zero-order valence-electron chi connectivity index (χ0n) is 12.9. The van der Waals surface area contributed by atoms with Gasteiger partial charge in [-0.25, -0.2) is 4.79 Å². The highest BCUT2D eigenvalue weighted by molar-refractivity contribution is 5.90. The predicted molar refractivity (Wildman–Crippen MR) is 77.9 cm³/mol. The lowest BCUT2D eigenvalue weighted by Gasteiger charge is -2.36. The molecule has 1 unspecified atom stereocenters. The van der Waals surface area contributed by atoms with Gasteiger partial charge in [0.05, 0.1) is 17.4 Å². The molecule has 1 atom stereocenters. The van der Waals surface area contributed by atoms with Crippen LogP contribution in [0.5, 0.6) is 0 Å². The molecule has 0 saturated heterocycles. The van der Waals surface area contributed by atoms with Gasteiger partial charge in [-0.15, -0.1) is 0 Å². The summed E-state index contributed by atoms with van der Waals surface area (Å²) in [6, 6.07) is 3.49. The molecule has 1 aromatic rings. The number of aryl methyl sites for hydroxylation is 1. The fourth-order valence-corrected chi connectivity index (χ4v) is 2.74. The number of halogens is 3. The average Bonchev–Trinajstić information content (AvgIpc) is 2.43. The van der Waals surface area contributed by atoms with Crippen LogP contribution < -0.4 is 4.90 Å². The second-order valence-electron chi connectivity index (χ2n) is 5.74. The molecule has 0 aliphatic carbocycles. The molecular weight excluding hydrogens is 295 g/mol. The molecule has 1 heterocycles. The molecule has 6 heteroatoms. The third-order valence-corrected chi connectivity index (χ3v) is 3.78. The van der Waals surface area contributed by atoms with Gasteiger partial charge in [0.2, 0.25) is 0 Å². The first-order valence-electron chi connectivity index (χ1n) is 7.44. The van der Waals surface area contributed by atoms with E-state index in [4.69, 9.17) is 4.74 Å². The number of fused-ring (bicyclic) bond motifs is 1. The number of benzene rings is 1. The Labute approximate surface area is 128 Å². The van der Waals surface area contributed by atoms with Gasteiger partial charge in [0.15, 0.2) is 0 Å². The predicted octanol–water partition coefficient (Wildman–Crippen LogP) is 4.78. The molecule has 3 nitrogen and oxygen atoms in total. The first-order valence-corrected chi connectivity index (χ1v) is 7.44. The zero-order valence-corrected chi connectivity index (χ0v) is 12.9. The average molecular weight is 315 g/mol. The van der Waals surface area contributed by atoms with Crippen LogP contribution in [0.1, 0.15) is 44.7 Å². The lowest BCUT2D eigenvalue weighted by atomic mass is 9.93. The third kappa shape index (κ3) is 3.36. The van der Waals surface area contributed by atoms with E-state index in [0.717, 1.165) is 18.6 Å². The molecule has 0 bridgehead atoms. The molecule has 0 fully saturated rings. The summed E-state index contributed by atoms with van der Waals surface area (Å²) in [5.74, 6) is 0. The molecule has 2 rings (SSSR count). The van der Waals surface area contributed by atoms with Crippen molar-refractivity contribution < 1.29 is 22.7 Å². The Morgan fingerprint density at radius 3 is 2.64 bits per heavy atom. The maximum Gasteiger partial charge on any atom is 0.416 e. The number of hydrogen-bond donors (Lipinski definition) is 0. The van der Waals surface area contributed by atoms with Crippen LogP contribution in [0.3, 0.4) is 0 Å². The Morgan fingerprint density at radius 1 is 1.41 bits per heavy atom. The maximum atomic E-state index is 12.8. The van der Waals surface area contributed by atoms with Crippen molar-refractivity contribution in [2.75, 3.05) is 4.90 Å². The van der Waals surface area contributed by atoms with Gasteiger partial charge in [0.25, 0.3) is 0 Å². The van der Waals surface area contributed by atoms with Crippen LogP contribution in [0.2, 0.25) is 0 Å². The number of nitrogens with zero attached hydrogens (tertiary/aromatic N) is 1. The number of anilines is 1. The Morgan fingerprint density at radius 2 is 2.09 bits per heavy atom. The summed E-state index contributed by atoms with van der Waals surface area (Å²) >= 11 is 0.